The average molecular weight is 372 g/mol. The van der Waals surface area contributed by atoms with Crippen LogP contribution in [0.4, 0.5) is 5.69 Å². The monoisotopic (exact) mass is 372 g/mol. The fourth-order valence-corrected chi connectivity index (χ4v) is 4.08. The number of pyridine rings is 1. The molecule has 0 atom stereocenters. The second-order valence-corrected chi connectivity index (χ2v) is 7.72. The third-order valence-corrected chi connectivity index (χ3v) is 5.74. The van der Waals surface area contributed by atoms with Gasteiger partial charge in [0.2, 0.25) is 0 Å². The zero-order valence-electron chi connectivity index (χ0n) is 15.8. The van der Waals surface area contributed by atoms with Crippen molar-refractivity contribution in [2.75, 3.05) is 18.8 Å². The molecule has 0 saturated carbocycles. The molecule has 142 valence electrons. The molecule has 0 aliphatic carbocycles. The van der Waals surface area contributed by atoms with Crippen LogP contribution in [-0.4, -0.2) is 29.0 Å². The van der Waals surface area contributed by atoms with E-state index in [9.17, 15) is 0 Å². The van der Waals surface area contributed by atoms with Gasteiger partial charge >= 0.3 is 0 Å². The second-order valence-electron chi connectivity index (χ2n) is 7.72. The summed E-state index contributed by atoms with van der Waals surface area (Å²) in [6, 6.07) is 14.7. The van der Waals surface area contributed by atoms with Gasteiger partial charge in [0.25, 0.3) is 0 Å². The number of furan rings is 1. The molecule has 4 N–H and O–H groups in total. The number of rotatable bonds is 3. The van der Waals surface area contributed by atoms with E-state index in [0.717, 1.165) is 76.8 Å². The smallest absolute Gasteiger partial charge is 0.137 e. The largest absolute Gasteiger partial charge is 0.456 e. The van der Waals surface area contributed by atoms with E-state index in [1.165, 1.54) is 0 Å². The standard InChI is InChI=1S/C23H24N4O/c24-18-5-7-27(8-6-18)14-17-9-19-16(10-21(17)25)12-26-13-20(19)23-11-15-3-1-2-4-22(15)28-23/h1-4,9-13,18H,5-8,14,24-25H2. The first kappa shape index (κ1) is 17.2. The Morgan fingerprint density at radius 2 is 1.86 bits per heavy atom. The molecule has 0 unspecified atom stereocenters. The van der Waals surface area contributed by atoms with Gasteiger partial charge in [-0.1, -0.05) is 18.2 Å². The molecule has 3 heterocycles. The summed E-state index contributed by atoms with van der Waals surface area (Å²) in [6.07, 6.45) is 5.82. The van der Waals surface area contributed by atoms with Crippen LogP contribution in [0, 0.1) is 0 Å². The molecule has 0 amide bonds. The highest BCUT2D eigenvalue weighted by Crippen LogP contribution is 2.34. The van der Waals surface area contributed by atoms with Crippen molar-refractivity contribution in [3.05, 3.63) is 60.4 Å². The number of fused-ring (bicyclic) bond motifs is 2. The lowest BCUT2D eigenvalue weighted by Crippen LogP contribution is -2.39. The van der Waals surface area contributed by atoms with Crippen molar-refractivity contribution in [1.82, 2.24) is 9.88 Å². The highest BCUT2D eigenvalue weighted by molar-refractivity contribution is 5.98. The fraction of sp³-hybridized carbons (Fsp3) is 0.261. The number of piperidine rings is 1. The molecule has 0 bridgehead atoms. The normalized spacial score (nSPS) is 16.2. The Bertz CT molecular complexity index is 1110. The average Bonchev–Trinajstić information content (AvgIpc) is 3.14. The lowest BCUT2D eigenvalue weighted by atomic mass is 10.00. The van der Waals surface area contributed by atoms with Crippen molar-refractivity contribution in [3.8, 4) is 11.3 Å². The number of para-hydroxylation sites is 1. The minimum atomic E-state index is 0.330. The van der Waals surface area contributed by atoms with E-state index in [1.807, 2.05) is 36.7 Å². The van der Waals surface area contributed by atoms with E-state index in [2.05, 4.69) is 28.1 Å². The molecule has 28 heavy (non-hydrogen) atoms. The van der Waals surface area contributed by atoms with Gasteiger partial charge in [-0.25, -0.2) is 0 Å². The summed E-state index contributed by atoms with van der Waals surface area (Å²) in [5.41, 5.74) is 16.3. The molecular formula is C23H24N4O. The van der Waals surface area contributed by atoms with Crippen molar-refractivity contribution >= 4 is 27.4 Å². The molecule has 0 radical (unpaired) electrons. The number of aromatic nitrogens is 1. The van der Waals surface area contributed by atoms with Gasteiger partial charge in [0.1, 0.15) is 11.3 Å². The van der Waals surface area contributed by atoms with Crippen LogP contribution in [0.5, 0.6) is 0 Å². The minimum Gasteiger partial charge on any atom is -0.456 e. The van der Waals surface area contributed by atoms with E-state index in [-0.39, 0.29) is 0 Å². The first-order valence-corrected chi connectivity index (χ1v) is 9.80. The molecule has 5 nitrogen and oxygen atoms in total. The maximum Gasteiger partial charge on any atom is 0.137 e. The topological polar surface area (TPSA) is 81.3 Å². The lowest BCUT2D eigenvalue weighted by molar-refractivity contribution is 0.206. The van der Waals surface area contributed by atoms with Crippen LogP contribution in [0.2, 0.25) is 0 Å². The molecule has 5 rings (SSSR count). The van der Waals surface area contributed by atoms with E-state index < -0.39 is 0 Å². The van der Waals surface area contributed by atoms with Gasteiger partial charge in [-0.15, -0.1) is 0 Å². The van der Waals surface area contributed by atoms with Crippen LogP contribution in [0.25, 0.3) is 33.1 Å². The zero-order chi connectivity index (χ0) is 19.1. The highest BCUT2D eigenvalue weighted by Gasteiger charge is 2.18. The number of nitrogens with zero attached hydrogens (tertiary/aromatic N) is 2. The predicted octanol–water partition coefficient (Wildman–Crippen LogP) is 4.15. The predicted molar refractivity (Wildman–Crippen MR) is 114 cm³/mol. The third kappa shape index (κ3) is 3.13. The summed E-state index contributed by atoms with van der Waals surface area (Å²) < 4.78 is 6.10. The first-order chi connectivity index (χ1) is 13.7. The summed E-state index contributed by atoms with van der Waals surface area (Å²) in [5, 5.41) is 3.24. The van der Waals surface area contributed by atoms with E-state index in [1.54, 1.807) is 0 Å². The van der Waals surface area contributed by atoms with Gasteiger partial charge in [-0.3, -0.25) is 9.88 Å². The number of hydrogen-bond donors (Lipinski definition) is 2. The summed E-state index contributed by atoms with van der Waals surface area (Å²) >= 11 is 0. The molecule has 1 aliphatic heterocycles. The number of nitrogen functional groups attached to an aromatic ring is 1. The SMILES string of the molecule is Nc1cc2cncc(-c3cc4ccccc4o3)c2cc1CN1CCC(N)CC1. The van der Waals surface area contributed by atoms with Gasteiger partial charge in [0, 0.05) is 47.0 Å². The summed E-state index contributed by atoms with van der Waals surface area (Å²) in [6.45, 7) is 2.88. The maximum absolute atomic E-state index is 6.38. The molecular weight excluding hydrogens is 348 g/mol. The van der Waals surface area contributed by atoms with Gasteiger partial charge in [-0.05, 0) is 61.1 Å². The molecule has 5 heteroatoms. The highest BCUT2D eigenvalue weighted by atomic mass is 16.3. The Hall–Kier alpha value is -2.89. The second kappa shape index (κ2) is 6.93. The van der Waals surface area contributed by atoms with Crippen LogP contribution < -0.4 is 11.5 Å². The summed E-state index contributed by atoms with van der Waals surface area (Å²) in [5.74, 6) is 0.832. The van der Waals surface area contributed by atoms with Crippen LogP contribution in [0.3, 0.4) is 0 Å². The zero-order valence-corrected chi connectivity index (χ0v) is 15.8. The van der Waals surface area contributed by atoms with Crippen molar-refractivity contribution < 1.29 is 4.42 Å². The Balaban J connectivity index is 1.56. The number of anilines is 1. The molecule has 2 aromatic carbocycles. The van der Waals surface area contributed by atoms with Crippen LogP contribution >= 0.6 is 0 Å². The first-order valence-electron chi connectivity index (χ1n) is 9.80. The number of likely N-dealkylation sites (tertiary alicyclic amines) is 1. The van der Waals surface area contributed by atoms with Gasteiger partial charge in [0.15, 0.2) is 0 Å². The van der Waals surface area contributed by atoms with E-state index in [4.69, 9.17) is 15.9 Å². The maximum atomic E-state index is 6.38. The molecule has 0 spiro atoms. The Morgan fingerprint density at radius 3 is 2.68 bits per heavy atom. The molecule has 1 aliphatic rings. The fourth-order valence-electron chi connectivity index (χ4n) is 4.08. The van der Waals surface area contributed by atoms with E-state index >= 15 is 0 Å². The molecule has 2 aromatic heterocycles. The van der Waals surface area contributed by atoms with Gasteiger partial charge < -0.3 is 15.9 Å². The number of nitrogens with two attached hydrogens (primary N) is 2. The number of hydrogen-bond acceptors (Lipinski definition) is 5. The number of benzene rings is 2. The summed E-state index contributed by atoms with van der Waals surface area (Å²) in [7, 11) is 0. The van der Waals surface area contributed by atoms with Crippen molar-refractivity contribution in [2.24, 2.45) is 5.73 Å². The molecule has 1 saturated heterocycles. The van der Waals surface area contributed by atoms with Crippen LogP contribution in [-0.2, 0) is 6.54 Å². The van der Waals surface area contributed by atoms with Crippen molar-refractivity contribution in [1.29, 1.82) is 0 Å². The van der Waals surface area contributed by atoms with Gasteiger partial charge in [0.05, 0.1) is 0 Å². The minimum absolute atomic E-state index is 0.330. The van der Waals surface area contributed by atoms with Crippen LogP contribution in [0.15, 0.2) is 59.3 Å². The van der Waals surface area contributed by atoms with Crippen molar-refractivity contribution in [2.45, 2.75) is 25.4 Å². The van der Waals surface area contributed by atoms with Crippen molar-refractivity contribution in [3.63, 3.8) is 0 Å². The third-order valence-electron chi connectivity index (χ3n) is 5.74. The summed E-state index contributed by atoms with van der Waals surface area (Å²) in [4.78, 5) is 6.85. The Labute approximate surface area is 163 Å². The Kier molecular flexibility index (Phi) is 4.26. The molecule has 1 fully saturated rings. The quantitative estimate of drug-likeness (QED) is 0.528. The lowest BCUT2D eigenvalue weighted by Gasteiger charge is -2.30. The Morgan fingerprint density at radius 1 is 1.04 bits per heavy atom. The van der Waals surface area contributed by atoms with Gasteiger partial charge in [-0.2, -0.15) is 0 Å². The van der Waals surface area contributed by atoms with E-state index in [0.29, 0.717) is 6.04 Å². The molecule has 4 aromatic rings. The van der Waals surface area contributed by atoms with Crippen LogP contribution in [0.1, 0.15) is 18.4 Å².